The highest BCUT2D eigenvalue weighted by Crippen LogP contribution is 2.33. The Morgan fingerprint density at radius 3 is 0.771 bits per heavy atom. The van der Waals surface area contributed by atoms with E-state index in [0.29, 0.717) is 0 Å². The van der Waals surface area contributed by atoms with E-state index in [0.717, 1.165) is 79.3 Å². The van der Waals surface area contributed by atoms with Crippen molar-refractivity contribution in [1.82, 2.24) is 34.9 Å². The van der Waals surface area contributed by atoms with Crippen molar-refractivity contribution < 1.29 is 0 Å². The monoisotopic (exact) mass is 617 g/mol. The molecule has 8 aromatic rings. The van der Waals surface area contributed by atoms with Gasteiger partial charge in [0.2, 0.25) is 0 Å². The summed E-state index contributed by atoms with van der Waals surface area (Å²) in [4.78, 5) is 33.6. The van der Waals surface area contributed by atoms with E-state index in [1.165, 1.54) is 0 Å². The number of hydrogen-bond donors (Lipinski definition) is 0. The summed E-state index contributed by atoms with van der Waals surface area (Å²) in [7, 11) is 0. The average Bonchev–Trinajstić information content (AvgIpc) is 3.19. The van der Waals surface area contributed by atoms with Crippen LogP contribution in [0.3, 0.4) is 0 Å². The van der Waals surface area contributed by atoms with E-state index in [2.05, 4.69) is 33.2 Å². The molecule has 0 atom stereocenters. The predicted molar refractivity (Wildman–Crippen MR) is 189 cm³/mol. The van der Waals surface area contributed by atoms with E-state index >= 15 is 0 Å². The summed E-state index contributed by atoms with van der Waals surface area (Å²) in [5.41, 5.74) is 11.6. The summed E-state index contributed by atoms with van der Waals surface area (Å²) < 4.78 is 0. The Kier molecular flexibility index (Phi) is 7.74. The molecule has 48 heavy (non-hydrogen) atoms. The molecule has 226 valence electrons. The zero-order valence-electron chi connectivity index (χ0n) is 25.7. The molecule has 0 aliphatic heterocycles. The predicted octanol–water partition coefficient (Wildman–Crippen LogP) is 9.12. The lowest BCUT2D eigenvalue weighted by atomic mass is 9.98. The van der Waals surface area contributed by atoms with Gasteiger partial charge in [-0.1, -0.05) is 42.5 Å². The molecule has 0 unspecified atom stereocenters. The van der Waals surface area contributed by atoms with Crippen molar-refractivity contribution in [3.63, 3.8) is 0 Å². The standard InChI is InChI=1S/C41H27N7/c1-4-22-42-34(11-1)37-17-7-14-31(45-37)28-25-29(32-15-8-18-38(46-32)35-12-2-5-23-43-35)27-30(26-28)33-16-9-20-40(47-33)41-21-10-19-39(48-41)36-13-3-6-24-44-36/h1-27H. The van der Waals surface area contributed by atoms with Gasteiger partial charge in [0.25, 0.3) is 0 Å². The van der Waals surface area contributed by atoms with Crippen LogP contribution in [-0.2, 0) is 0 Å². The summed E-state index contributed by atoms with van der Waals surface area (Å²) in [6, 6.07) is 47.8. The van der Waals surface area contributed by atoms with Crippen molar-refractivity contribution >= 4 is 0 Å². The normalized spacial score (nSPS) is 10.9. The zero-order chi connectivity index (χ0) is 32.1. The summed E-state index contributed by atoms with van der Waals surface area (Å²) in [6.45, 7) is 0. The molecule has 0 bridgehead atoms. The van der Waals surface area contributed by atoms with Crippen LogP contribution in [0.25, 0.3) is 79.3 Å². The van der Waals surface area contributed by atoms with E-state index in [1.807, 2.05) is 127 Å². The molecule has 7 aromatic heterocycles. The van der Waals surface area contributed by atoms with E-state index in [-0.39, 0.29) is 0 Å². The lowest BCUT2D eigenvalue weighted by Crippen LogP contribution is -1.95. The molecule has 8 rings (SSSR count). The van der Waals surface area contributed by atoms with Crippen LogP contribution in [0.1, 0.15) is 0 Å². The van der Waals surface area contributed by atoms with Gasteiger partial charge in [0.05, 0.1) is 62.6 Å². The highest BCUT2D eigenvalue weighted by molar-refractivity contribution is 5.80. The molecule has 0 saturated carbocycles. The smallest absolute Gasteiger partial charge is 0.0894 e. The molecule has 0 saturated heterocycles. The summed E-state index contributed by atoms with van der Waals surface area (Å²) in [6.07, 6.45) is 5.33. The van der Waals surface area contributed by atoms with Crippen LogP contribution in [0.15, 0.2) is 164 Å². The summed E-state index contributed by atoms with van der Waals surface area (Å²) in [5.74, 6) is 0. The van der Waals surface area contributed by atoms with Gasteiger partial charge >= 0.3 is 0 Å². The summed E-state index contributed by atoms with van der Waals surface area (Å²) >= 11 is 0. The van der Waals surface area contributed by atoms with Gasteiger partial charge < -0.3 is 0 Å². The first-order chi connectivity index (χ1) is 23.8. The molecule has 0 fully saturated rings. The molecule has 0 aliphatic carbocycles. The lowest BCUT2D eigenvalue weighted by Gasteiger charge is -2.12. The minimum atomic E-state index is 0.766. The van der Waals surface area contributed by atoms with Crippen LogP contribution in [0.2, 0.25) is 0 Å². The van der Waals surface area contributed by atoms with Crippen molar-refractivity contribution in [2.75, 3.05) is 0 Å². The van der Waals surface area contributed by atoms with E-state index in [9.17, 15) is 0 Å². The Bertz CT molecular complexity index is 2240. The molecule has 0 aliphatic rings. The molecule has 1 aromatic carbocycles. The van der Waals surface area contributed by atoms with Crippen molar-refractivity contribution in [3.8, 4) is 79.3 Å². The van der Waals surface area contributed by atoms with Gasteiger partial charge in [-0.3, -0.25) is 15.0 Å². The third-order valence-corrected chi connectivity index (χ3v) is 7.86. The van der Waals surface area contributed by atoms with Gasteiger partial charge in [-0.05, 0) is 103 Å². The minimum Gasteiger partial charge on any atom is -0.255 e. The van der Waals surface area contributed by atoms with Crippen molar-refractivity contribution in [1.29, 1.82) is 0 Å². The Hall–Kier alpha value is -6.73. The number of nitrogens with zero attached hydrogens (tertiary/aromatic N) is 7. The van der Waals surface area contributed by atoms with Gasteiger partial charge in [-0.2, -0.15) is 0 Å². The van der Waals surface area contributed by atoms with Gasteiger partial charge in [-0.25, -0.2) is 19.9 Å². The minimum absolute atomic E-state index is 0.766. The number of benzene rings is 1. The van der Waals surface area contributed by atoms with Gasteiger partial charge in [-0.15, -0.1) is 0 Å². The highest BCUT2D eigenvalue weighted by Gasteiger charge is 2.14. The first kappa shape index (κ1) is 28.7. The second-order valence-corrected chi connectivity index (χ2v) is 11.1. The number of rotatable bonds is 7. The second-order valence-electron chi connectivity index (χ2n) is 11.1. The Balaban J connectivity index is 1.25. The molecule has 0 spiro atoms. The van der Waals surface area contributed by atoms with Crippen molar-refractivity contribution in [2.24, 2.45) is 0 Å². The van der Waals surface area contributed by atoms with Crippen molar-refractivity contribution in [3.05, 3.63) is 164 Å². The topological polar surface area (TPSA) is 90.2 Å². The molecule has 7 heterocycles. The van der Waals surface area contributed by atoms with E-state index in [4.69, 9.17) is 19.9 Å². The van der Waals surface area contributed by atoms with E-state index in [1.54, 1.807) is 18.6 Å². The van der Waals surface area contributed by atoms with Crippen LogP contribution in [0.5, 0.6) is 0 Å². The zero-order valence-corrected chi connectivity index (χ0v) is 25.7. The molecule has 0 amide bonds. The number of pyridine rings is 7. The number of aromatic nitrogens is 7. The average molecular weight is 618 g/mol. The molecule has 7 heteroatoms. The summed E-state index contributed by atoms with van der Waals surface area (Å²) in [5, 5.41) is 0. The molecular formula is C41H27N7. The van der Waals surface area contributed by atoms with Crippen molar-refractivity contribution in [2.45, 2.75) is 0 Å². The first-order valence-corrected chi connectivity index (χ1v) is 15.6. The fourth-order valence-corrected chi connectivity index (χ4v) is 5.55. The molecule has 7 nitrogen and oxygen atoms in total. The molecular weight excluding hydrogens is 591 g/mol. The molecule has 0 N–H and O–H groups in total. The number of hydrogen-bond acceptors (Lipinski definition) is 7. The van der Waals surface area contributed by atoms with Gasteiger partial charge in [0, 0.05) is 35.3 Å². The van der Waals surface area contributed by atoms with Crippen LogP contribution >= 0.6 is 0 Å². The van der Waals surface area contributed by atoms with Crippen LogP contribution in [-0.4, -0.2) is 34.9 Å². The Labute approximate surface area is 277 Å². The maximum Gasteiger partial charge on any atom is 0.0894 e. The van der Waals surface area contributed by atoms with Crippen LogP contribution in [0, 0.1) is 0 Å². The highest BCUT2D eigenvalue weighted by atomic mass is 14.8. The fourth-order valence-electron chi connectivity index (χ4n) is 5.55. The lowest BCUT2D eigenvalue weighted by molar-refractivity contribution is 1.22. The van der Waals surface area contributed by atoms with Crippen LogP contribution < -0.4 is 0 Å². The first-order valence-electron chi connectivity index (χ1n) is 15.6. The quantitative estimate of drug-likeness (QED) is 0.176. The Morgan fingerprint density at radius 1 is 0.229 bits per heavy atom. The SMILES string of the molecule is c1ccc(-c2cccc(-c3cc(-c4cccc(-c5ccccn5)n4)cc(-c4cccc(-c5cccc(-c6ccccn6)n5)n4)c3)n2)nc1. The third-order valence-electron chi connectivity index (χ3n) is 7.86. The van der Waals surface area contributed by atoms with E-state index < -0.39 is 0 Å². The largest absolute Gasteiger partial charge is 0.255 e. The maximum atomic E-state index is 5.10. The third kappa shape index (κ3) is 6.08. The van der Waals surface area contributed by atoms with Gasteiger partial charge in [0.15, 0.2) is 0 Å². The molecule has 0 radical (unpaired) electrons. The fraction of sp³-hybridized carbons (Fsp3) is 0. The van der Waals surface area contributed by atoms with Crippen LogP contribution in [0.4, 0.5) is 0 Å². The Morgan fingerprint density at radius 2 is 0.479 bits per heavy atom. The maximum absolute atomic E-state index is 5.10. The second kappa shape index (κ2) is 12.9. The van der Waals surface area contributed by atoms with Gasteiger partial charge in [0.1, 0.15) is 0 Å².